The molecule has 5 nitrogen and oxygen atoms in total. The third kappa shape index (κ3) is 4.05. The minimum atomic E-state index is -3.84. The molecule has 2 aromatic rings. The summed E-state index contributed by atoms with van der Waals surface area (Å²) in [5.74, 6) is 0. The van der Waals surface area contributed by atoms with Gasteiger partial charge < -0.3 is 4.90 Å². The fourth-order valence-corrected chi connectivity index (χ4v) is 3.43. The first-order valence-corrected chi connectivity index (χ1v) is 8.62. The van der Waals surface area contributed by atoms with E-state index in [1.165, 1.54) is 28.4 Å². The van der Waals surface area contributed by atoms with E-state index in [2.05, 4.69) is 4.72 Å². The molecule has 0 aliphatic heterocycles. The predicted molar refractivity (Wildman–Crippen MR) is 82.7 cm³/mol. The minimum absolute atomic E-state index is 0.0750. The summed E-state index contributed by atoms with van der Waals surface area (Å²) < 4.78 is 26.3. The van der Waals surface area contributed by atoms with Gasteiger partial charge in [-0.05, 0) is 30.5 Å². The summed E-state index contributed by atoms with van der Waals surface area (Å²) in [6.45, 7) is 2.23. The highest BCUT2D eigenvalue weighted by Crippen LogP contribution is 2.13. The molecule has 0 bridgehead atoms. The van der Waals surface area contributed by atoms with Crippen LogP contribution in [0.2, 0.25) is 0 Å². The van der Waals surface area contributed by atoms with Crippen LogP contribution in [0.15, 0.2) is 46.7 Å². The Morgan fingerprint density at radius 3 is 2.48 bits per heavy atom. The van der Waals surface area contributed by atoms with Gasteiger partial charge in [0.1, 0.15) is 0 Å². The SMILES string of the molecule is Cc1ccc(S(=O)(=O)NC(=O)N(C)Cc2cccs2)cc1. The van der Waals surface area contributed by atoms with E-state index >= 15 is 0 Å². The highest BCUT2D eigenvalue weighted by molar-refractivity contribution is 7.90. The Morgan fingerprint density at radius 1 is 1.24 bits per heavy atom. The lowest BCUT2D eigenvalue weighted by atomic mass is 10.2. The van der Waals surface area contributed by atoms with Crippen molar-refractivity contribution in [1.82, 2.24) is 9.62 Å². The molecule has 7 heteroatoms. The molecule has 1 N–H and O–H groups in total. The Morgan fingerprint density at radius 2 is 1.90 bits per heavy atom. The van der Waals surface area contributed by atoms with Crippen molar-refractivity contribution in [2.75, 3.05) is 7.05 Å². The zero-order chi connectivity index (χ0) is 15.5. The van der Waals surface area contributed by atoms with Gasteiger partial charge in [0, 0.05) is 11.9 Å². The highest BCUT2D eigenvalue weighted by atomic mass is 32.2. The van der Waals surface area contributed by atoms with Crippen LogP contribution >= 0.6 is 11.3 Å². The van der Waals surface area contributed by atoms with Gasteiger partial charge in [-0.3, -0.25) is 0 Å². The fourth-order valence-electron chi connectivity index (χ4n) is 1.68. The van der Waals surface area contributed by atoms with E-state index in [1.54, 1.807) is 19.2 Å². The van der Waals surface area contributed by atoms with Crippen molar-refractivity contribution in [3.8, 4) is 0 Å². The molecule has 112 valence electrons. The molecular weight excluding hydrogens is 308 g/mol. The fraction of sp³-hybridized carbons (Fsp3) is 0.214. The topological polar surface area (TPSA) is 66.5 Å². The first-order chi connectivity index (χ1) is 9.88. The number of carbonyl (C=O) groups is 1. The average molecular weight is 324 g/mol. The van der Waals surface area contributed by atoms with Crippen molar-refractivity contribution < 1.29 is 13.2 Å². The number of benzene rings is 1. The highest BCUT2D eigenvalue weighted by Gasteiger charge is 2.20. The van der Waals surface area contributed by atoms with Gasteiger partial charge in [0.05, 0.1) is 11.4 Å². The Balaban J connectivity index is 2.05. The van der Waals surface area contributed by atoms with Crippen molar-refractivity contribution in [3.63, 3.8) is 0 Å². The van der Waals surface area contributed by atoms with Crippen LogP contribution < -0.4 is 4.72 Å². The Hall–Kier alpha value is -1.86. The van der Waals surface area contributed by atoms with Gasteiger partial charge in [-0.15, -0.1) is 11.3 Å². The summed E-state index contributed by atoms with van der Waals surface area (Å²) in [5.41, 5.74) is 0.954. The Kier molecular flexibility index (Phi) is 4.64. The van der Waals surface area contributed by atoms with Crippen LogP contribution in [0.1, 0.15) is 10.4 Å². The van der Waals surface area contributed by atoms with E-state index in [-0.39, 0.29) is 4.90 Å². The monoisotopic (exact) mass is 324 g/mol. The van der Waals surface area contributed by atoms with Crippen molar-refractivity contribution in [3.05, 3.63) is 52.2 Å². The lowest BCUT2D eigenvalue weighted by molar-refractivity contribution is 0.213. The predicted octanol–water partition coefficient (Wildman–Crippen LogP) is 2.59. The smallest absolute Gasteiger partial charge is 0.322 e. The second kappa shape index (κ2) is 6.28. The number of carbonyl (C=O) groups excluding carboxylic acids is 1. The van der Waals surface area contributed by atoms with Gasteiger partial charge in [-0.1, -0.05) is 23.8 Å². The second-order valence-electron chi connectivity index (χ2n) is 4.66. The first-order valence-electron chi connectivity index (χ1n) is 6.25. The second-order valence-corrected chi connectivity index (χ2v) is 7.37. The number of nitrogens with one attached hydrogen (secondary N) is 1. The molecule has 2 rings (SSSR count). The van der Waals surface area contributed by atoms with Crippen LogP contribution in [0.5, 0.6) is 0 Å². The first kappa shape index (κ1) is 15.5. The summed E-state index contributed by atoms with van der Waals surface area (Å²) in [6.07, 6.45) is 0. The molecule has 0 fully saturated rings. The quantitative estimate of drug-likeness (QED) is 0.940. The van der Waals surface area contributed by atoms with Crippen LogP contribution in [0.3, 0.4) is 0 Å². The molecule has 1 heterocycles. The van der Waals surface area contributed by atoms with E-state index in [9.17, 15) is 13.2 Å². The molecule has 0 unspecified atom stereocenters. The molecule has 0 aliphatic carbocycles. The maximum absolute atomic E-state index is 12.1. The van der Waals surface area contributed by atoms with Crippen LogP contribution in [0, 0.1) is 6.92 Å². The lowest BCUT2D eigenvalue weighted by Crippen LogP contribution is -2.40. The van der Waals surface area contributed by atoms with E-state index in [1.807, 2.05) is 24.4 Å². The number of aryl methyl sites for hydroxylation is 1. The maximum atomic E-state index is 12.1. The number of amides is 2. The number of rotatable bonds is 4. The molecule has 21 heavy (non-hydrogen) atoms. The molecule has 0 aliphatic rings. The number of thiophene rings is 1. The van der Waals surface area contributed by atoms with E-state index in [0.29, 0.717) is 6.54 Å². The van der Waals surface area contributed by atoms with Crippen molar-refractivity contribution in [2.24, 2.45) is 0 Å². The van der Waals surface area contributed by atoms with Crippen LogP contribution in [0.4, 0.5) is 4.79 Å². The summed E-state index contributed by atoms with van der Waals surface area (Å²) >= 11 is 1.51. The summed E-state index contributed by atoms with van der Waals surface area (Å²) in [7, 11) is -2.28. The van der Waals surface area contributed by atoms with E-state index < -0.39 is 16.1 Å². The third-order valence-electron chi connectivity index (χ3n) is 2.87. The normalized spacial score (nSPS) is 11.1. The largest absolute Gasteiger partial charge is 0.331 e. The van der Waals surface area contributed by atoms with Crippen molar-refractivity contribution in [2.45, 2.75) is 18.4 Å². The summed E-state index contributed by atoms with van der Waals surface area (Å²) in [5, 5.41) is 1.91. The molecule has 0 spiro atoms. The van der Waals surface area contributed by atoms with Gasteiger partial charge in [-0.25, -0.2) is 17.9 Å². The average Bonchev–Trinajstić information content (AvgIpc) is 2.91. The molecule has 0 saturated carbocycles. The molecule has 1 aromatic carbocycles. The zero-order valence-electron chi connectivity index (χ0n) is 11.7. The molecule has 0 atom stereocenters. The Labute approximate surface area is 128 Å². The number of nitrogens with zero attached hydrogens (tertiary/aromatic N) is 1. The molecule has 0 saturated heterocycles. The molecule has 0 radical (unpaired) electrons. The lowest BCUT2D eigenvalue weighted by Gasteiger charge is -2.17. The van der Waals surface area contributed by atoms with Gasteiger partial charge in [0.2, 0.25) is 0 Å². The number of hydrogen-bond acceptors (Lipinski definition) is 4. The third-order valence-corrected chi connectivity index (χ3v) is 5.07. The van der Waals surface area contributed by atoms with Gasteiger partial charge >= 0.3 is 6.03 Å². The van der Waals surface area contributed by atoms with Crippen molar-refractivity contribution >= 4 is 27.4 Å². The Bertz CT molecular complexity index is 707. The number of sulfonamides is 1. The van der Waals surface area contributed by atoms with Crippen LogP contribution in [0.25, 0.3) is 0 Å². The zero-order valence-corrected chi connectivity index (χ0v) is 13.4. The minimum Gasteiger partial charge on any atom is -0.322 e. The number of urea groups is 1. The van der Waals surface area contributed by atoms with Crippen LogP contribution in [-0.2, 0) is 16.6 Å². The van der Waals surface area contributed by atoms with Gasteiger partial charge in [0.15, 0.2) is 0 Å². The molecule has 1 aromatic heterocycles. The molecule has 2 amide bonds. The number of hydrogen-bond donors (Lipinski definition) is 1. The van der Waals surface area contributed by atoms with Gasteiger partial charge in [0.25, 0.3) is 10.0 Å². The van der Waals surface area contributed by atoms with E-state index in [4.69, 9.17) is 0 Å². The van der Waals surface area contributed by atoms with Crippen LogP contribution in [-0.4, -0.2) is 26.4 Å². The summed E-state index contributed by atoms with van der Waals surface area (Å²) in [6, 6.07) is 9.46. The molecular formula is C14H16N2O3S2. The van der Waals surface area contributed by atoms with E-state index in [0.717, 1.165) is 10.4 Å². The van der Waals surface area contributed by atoms with Gasteiger partial charge in [-0.2, -0.15) is 0 Å². The van der Waals surface area contributed by atoms with Crippen molar-refractivity contribution in [1.29, 1.82) is 0 Å². The maximum Gasteiger partial charge on any atom is 0.331 e. The summed E-state index contributed by atoms with van der Waals surface area (Å²) in [4.78, 5) is 14.4. The standard InChI is InChI=1S/C14H16N2O3S2/c1-11-5-7-13(8-6-11)21(18,19)15-14(17)16(2)10-12-4-3-9-20-12/h3-9H,10H2,1-2H3,(H,15,17).